The maximum absolute atomic E-state index is 14.7. The molecule has 0 fully saturated rings. The van der Waals surface area contributed by atoms with Crippen LogP contribution in [0.2, 0.25) is 0 Å². The lowest BCUT2D eigenvalue weighted by Gasteiger charge is -2.28. The van der Waals surface area contributed by atoms with Gasteiger partial charge in [0.15, 0.2) is 0 Å². The van der Waals surface area contributed by atoms with E-state index in [2.05, 4.69) is 26.2 Å². The first-order valence-corrected chi connectivity index (χ1v) is 9.13. The van der Waals surface area contributed by atoms with Gasteiger partial charge in [0, 0.05) is 11.3 Å². The van der Waals surface area contributed by atoms with Crippen LogP contribution in [0.3, 0.4) is 0 Å². The molecule has 1 aliphatic rings. The van der Waals surface area contributed by atoms with Crippen LogP contribution in [0.4, 0.5) is 16.0 Å². The van der Waals surface area contributed by atoms with E-state index in [-0.39, 0.29) is 0 Å². The van der Waals surface area contributed by atoms with Crippen molar-refractivity contribution in [3.8, 4) is 5.75 Å². The Bertz CT molecular complexity index is 1090. The van der Waals surface area contributed by atoms with Gasteiger partial charge in [0.1, 0.15) is 17.6 Å². The van der Waals surface area contributed by atoms with E-state index in [1.807, 2.05) is 13.0 Å². The zero-order valence-electron chi connectivity index (χ0n) is 15.9. The second kappa shape index (κ2) is 7.70. The lowest BCUT2D eigenvalue weighted by Crippen LogP contribution is -2.32. The fourth-order valence-electron chi connectivity index (χ4n) is 3.33. The molecule has 29 heavy (non-hydrogen) atoms. The molecule has 0 radical (unpaired) electrons. The number of fused-ring (bicyclic) bond motifs is 1. The molecule has 1 amide bonds. The molecule has 1 aromatic heterocycles. The van der Waals surface area contributed by atoms with Crippen molar-refractivity contribution in [3.05, 3.63) is 71.2 Å². The summed E-state index contributed by atoms with van der Waals surface area (Å²) in [5, 5.41) is 17.4. The number of para-hydroxylation sites is 2. The second-order valence-electron chi connectivity index (χ2n) is 6.42. The summed E-state index contributed by atoms with van der Waals surface area (Å²) >= 11 is 0. The molecule has 9 heteroatoms. The van der Waals surface area contributed by atoms with Gasteiger partial charge >= 0.3 is 0 Å². The maximum Gasteiger partial charge on any atom is 0.255 e. The van der Waals surface area contributed by atoms with E-state index in [9.17, 15) is 9.18 Å². The van der Waals surface area contributed by atoms with Crippen LogP contribution in [0, 0.1) is 5.82 Å². The molecular formula is C20H19FN6O2. The van der Waals surface area contributed by atoms with Gasteiger partial charge in [-0.25, -0.2) is 4.39 Å². The molecule has 0 spiro atoms. The summed E-state index contributed by atoms with van der Waals surface area (Å²) in [5.74, 6) is 0.0307. The van der Waals surface area contributed by atoms with Gasteiger partial charge in [0.2, 0.25) is 5.95 Å². The van der Waals surface area contributed by atoms with Gasteiger partial charge in [0.05, 0.1) is 17.9 Å². The lowest BCUT2D eigenvalue weighted by molar-refractivity contribution is -0.113. The molecule has 2 heterocycles. The van der Waals surface area contributed by atoms with Gasteiger partial charge in [-0.1, -0.05) is 35.4 Å². The minimum absolute atomic E-state index is 0.296. The predicted octanol–water partition coefficient (Wildman–Crippen LogP) is 3.14. The molecule has 0 saturated heterocycles. The van der Waals surface area contributed by atoms with Crippen LogP contribution in [-0.4, -0.2) is 32.7 Å². The van der Waals surface area contributed by atoms with Crippen molar-refractivity contribution in [1.82, 2.24) is 20.2 Å². The fourth-order valence-corrected chi connectivity index (χ4v) is 3.33. The van der Waals surface area contributed by atoms with Crippen LogP contribution < -0.4 is 15.4 Å². The third kappa shape index (κ3) is 3.42. The number of rotatable bonds is 5. The Hall–Kier alpha value is -3.75. The Kier molecular flexibility index (Phi) is 4.94. The molecular weight excluding hydrogens is 375 g/mol. The smallest absolute Gasteiger partial charge is 0.255 e. The number of hydrogen-bond donors (Lipinski definition) is 2. The third-order valence-electron chi connectivity index (χ3n) is 4.59. The molecule has 2 aromatic carbocycles. The van der Waals surface area contributed by atoms with E-state index in [0.717, 1.165) is 0 Å². The SMILES string of the molecule is CCOc1ccccc1NC(=O)C1=C(C)Nc2nnnn2C1c1ccccc1F. The second-order valence-corrected chi connectivity index (χ2v) is 6.42. The van der Waals surface area contributed by atoms with Crippen molar-refractivity contribution in [3.63, 3.8) is 0 Å². The van der Waals surface area contributed by atoms with E-state index in [1.54, 1.807) is 43.3 Å². The van der Waals surface area contributed by atoms with Crippen LogP contribution in [0.15, 0.2) is 59.8 Å². The summed E-state index contributed by atoms with van der Waals surface area (Å²) in [5.41, 5.74) is 1.66. The zero-order chi connectivity index (χ0) is 20.4. The number of tetrazole rings is 1. The van der Waals surface area contributed by atoms with Crippen molar-refractivity contribution in [2.24, 2.45) is 0 Å². The summed E-state index contributed by atoms with van der Waals surface area (Å²) in [7, 11) is 0. The number of hydrogen-bond acceptors (Lipinski definition) is 6. The number of carbonyl (C=O) groups is 1. The first kappa shape index (κ1) is 18.6. The van der Waals surface area contributed by atoms with Gasteiger partial charge in [-0.05, 0) is 42.5 Å². The predicted molar refractivity (Wildman–Crippen MR) is 105 cm³/mol. The van der Waals surface area contributed by atoms with Crippen molar-refractivity contribution in [1.29, 1.82) is 0 Å². The van der Waals surface area contributed by atoms with Crippen LogP contribution in [0.1, 0.15) is 25.5 Å². The highest BCUT2D eigenvalue weighted by Crippen LogP contribution is 2.36. The number of ether oxygens (including phenoxy) is 1. The number of carbonyl (C=O) groups excluding carboxylic acids is 1. The minimum Gasteiger partial charge on any atom is -0.492 e. The van der Waals surface area contributed by atoms with Crippen molar-refractivity contribution in [2.45, 2.75) is 19.9 Å². The standard InChI is InChI=1S/C20H19FN6O2/c1-3-29-16-11-7-6-10-15(16)23-19(28)17-12(2)22-20-24-25-26-27(20)18(17)13-8-4-5-9-14(13)21/h4-11,18H,3H2,1-2H3,(H,23,28)(H,22,24,26). The number of anilines is 2. The maximum atomic E-state index is 14.7. The number of benzene rings is 2. The molecule has 4 rings (SSSR count). The summed E-state index contributed by atoms with van der Waals surface area (Å²) in [6.07, 6.45) is 0. The summed E-state index contributed by atoms with van der Waals surface area (Å²) in [6.45, 7) is 4.06. The van der Waals surface area contributed by atoms with Crippen LogP contribution in [0.25, 0.3) is 0 Å². The first-order chi connectivity index (χ1) is 14.1. The molecule has 2 N–H and O–H groups in total. The number of nitrogens with zero attached hydrogens (tertiary/aromatic N) is 4. The van der Waals surface area contributed by atoms with Crippen LogP contribution >= 0.6 is 0 Å². The average molecular weight is 394 g/mol. The highest BCUT2D eigenvalue weighted by molar-refractivity contribution is 6.06. The molecule has 0 saturated carbocycles. The third-order valence-corrected chi connectivity index (χ3v) is 4.59. The van der Waals surface area contributed by atoms with E-state index < -0.39 is 17.8 Å². The molecule has 1 aliphatic heterocycles. The molecule has 0 bridgehead atoms. The monoisotopic (exact) mass is 394 g/mol. The van der Waals surface area contributed by atoms with Gasteiger partial charge in [-0.3, -0.25) is 4.79 Å². The quantitative estimate of drug-likeness (QED) is 0.691. The average Bonchev–Trinajstić information content (AvgIpc) is 3.17. The number of halogens is 1. The first-order valence-electron chi connectivity index (χ1n) is 9.13. The number of allylic oxidation sites excluding steroid dienone is 1. The van der Waals surface area contributed by atoms with E-state index >= 15 is 0 Å². The molecule has 0 aliphatic carbocycles. The van der Waals surface area contributed by atoms with Crippen molar-refractivity contribution >= 4 is 17.5 Å². The van der Waals surface area contributed by atoms with E-state index in [0.29, 0.717) is 40.8 Å². The Balaban J connectivity index is 1.76. The lowest BCUT2D eigenvalue weighted by atomic mass is 9.94. The van der Waals surface area contributed by atoms with Crippen molar-refractivity contribution < 1.29 is 13.9 Å². The Morgan fingerprint density at radius 1 is 1.24 bits per heavy atom. The fraction of sp³-hybridized carbons (Fsp3) is 0.200. The van der Waals surface area contributed by atoms with Crippen molar-refractivity contribution in [2.75, 3.05) is 17.2 Å². The number of amides is 1. The Morgan fingerprint density at radius 2 is 2.00 bits per heavy atom. The van der Waals surface area contributed by atoms with Gasteiger partial charge in [-0.15, -0.1) is 0 Å². The normalized spacial score (nSPS) is 15.5. The molecule has 3 aromatic rings. The highest BCUT2D eigenvalue weighted by Gasteiger charge is 2.35. The molecule has 148 valence electrons. The highest BCUT2D eigenvalue weighted by atomic mass is 19.1. The van der Waals surface area contributed by atoms with Gasteiger partial charge in [-0.2, -0.15) is 4.68 Å². The summed E-state index contributed by atoms with van der Waals surface area (Å²) in [4.78, 5) is 13.3. The topological polar surface area (TPSA) is 94.0 Å². The largest absolute Gasteiger partial charge is 0.492 e. The van der Waals surface area contributed by atoms with Gasteiger partial charge in [0.25, 0.3) is 5.91 Å². The minimum atomic E-state index is -0.818. The van der Waals surface area contributed by atoms with E-state index in [1.165, 1.54) is 10.7 Å². The summed E-state index contributed by atoms with van der Waals surface area (Å²) in [6, 6.07) is 12.6. The summed E-state index contributed by atoms with van der Waals surface area (Å²) < 4.78 is 21.6. The molecule has 8 nitrogen and oxygen atoms in total. The Morgan fingerprint density at radius 3 is 2.79 bits per heavy atom. The molecule has 1 unspecified atom stereocenters. The Labute approximate surface area is 166 Å². The van der Waals surface area contributed by atoms with Crippen LogP contribution in [0.5, 0.6) is 5.75 Å². The number of aromatic nitrogens is 4. The van der Waals surface area contributed by atoms with Gasteiger partial charge < -0.3 is 15.4 Å². The zero-order valence-corrected chi connectivity index (χ0v) is 15.9. The molecule has 1 atom stereocenters. The van der Waals surface area contributed by atoms with E-state index in [4.69, 9.17) is 4.74 Å². The van der Waals surface area contributed by atoms with Crippen LogP contribution in [-0.2, 0) is 4.79 Å². The number of nitrogens with one attached hydrogen (secondary N) is 2.